The lowest BCUT2D eigenvalue weighted by atomic mass is 10.3. The van der Waals surface area contributed by atoms with Gasteiger partial charge < -0.3 is 5.32 Å². The molecule has 0 unspecified atom stereocenters. The highest BCUT2D eigenvalue weighted by molar-refractivity contribution is 9.10. The SMILES string of the molecule is CN=C(NN)Nc1c(Cl)cc(F)cc1Br. The first kappa shape index (κ1) is 12.2. The molecule has 0 bridgehead atoms. The van der Waals surface area contributed by atoms with E-state index in [2.05, 4.69) is 31.7 Å². The minimum atomic E-state index is -0.423. The van der Waals surface area contributed by atoms with Crippen molar-refractivity contribution in [2.75, 3.05) is 12.4 Å². The van der Waals surface area contributed by atoms with Crippen LogP contribution in [0.15, 0.2) is 21.6 Å². The average molecular weight is 296 g/mol. The Morgan fingerprint density at radius 2 is 2.27 bits per heavy atom. The van der Waals surface area contributed by atoms with Gasteiger partial charge in [0.1, 0.15) is 5.82 Å². The van der Waals surface area contributed by atoms with Crippen LogP contribution in [0.2, 0.25) is 5.02 Å². The second-order valence-electron chi connectivity index (χ2n) is 2.59. The van der Waals surface area contributed by atoms with Gasteiger partial charge in [0.2, 0.25) is 5.96 Å². The van der Waals surface area contributed by atoms with E-state index in [4.69, 9.17) is 17.4 Å². The van der Waals surface area contributed by atoms with Crippen LogP contribution in [0.5, 0.6) is 0 Å². The summed E-state index contributed by atoms with van der Waals surface area (Å²) >= 11 is 9.01. The number of nitrogens with two attached hydrogens (primary N) is 1. The molecule has 82 valence electrons. The lowest BCUT2D eigenvalue weighted by Gasteiger charge is -2.11. The number of hydrogen-bond donors (Lipinski definition) is 3. The number of aliphatic imine (C=N–C) groups is 1. The highest BCUT2D eigenvalue weighted by Crippen LogP contribution is 2.31. The first-order valence-corrected chi connectivity index (χ1v) is 5.10. The molecule has 0 aliphatic carbocycles. The van der Waals surface area contributed by atoms with Gasteiger partial charge in [-0.2, -0.15) is 0 Å². The molecular weight excluding hydrogens is 286 g/mol. The van der Waals surface area contributed by atoms with Crippen LogP contribution < -0.4 is 16.6 Å². The molecule has 0 heterocycles. The molecule has 1 aromatic carbocycles. The fourth-order valence-corrected chi connectivity index (χ4v) is 1.84. The van der Waals surface area contributed by atoms with E-state index in [1.165, 1.54) is 12.1 Å². The van der Waals surface area contributed by atoms with Gasteiger partial charge in [0, 0.05) is 11.5 Å². The molecule has 0 aromatic heterocycles. The van der Waals surface area contributed by atoms with Gasteiger partial charge in [-0.3, -0.25) is 10.4 Å². The minimum Gasteiger partial charge on any atom is -0.323 e. The summed E-state index contributed by atoms with van der Waals surface area (Å²) in [6.07, 6.45) is 0. The fourth-order valence-electron chi connectivity index (χ4n) is 0.937. The molecule has 7 heteroatoms. The third-order valence-corrected chi connectivity index (χ3v) is 2.53. The largest absolute Gasteiger partial charge is 0.323 e. The number of hydrogen-bond acceptors (Lipinski definition) is 2. The Kier molecular flexibility index (Phi) is 4.31. The normalized spacial score (nSPS) is 11.4. The molecule has 0 saturated carbocycles. The van der Waals surface area contributed by atoms with Crippen molar-refractivity contribution in [3.8, 4) is 0 Å². The summed E-state index contributed by atoms with van der Waals surface area (Å²) in [7, 11) is 1.55. The molecule has 1 aromatic rings. The van der Waals surface area contributed by atoms with Gasteiger partial charge in [0.15, 0.2) is 0 Å². The number of guanidine groups is 1. The second kappa shape index (κ2) is 5.29. The maximum Gasteiger partial charge on any atom is 0.210 e. The first-order valence-electron chi connectivity index (χ1n) is 3.93. The molecule has 0 saturated heterocycles. The highest BCUT2D eigenvalue weighted by Gasteiger charge is 2.09. The van der Waals surface area contributed by atoms with Crippen LogP contribution in [-0.4, -0.2) is 13.0 Å². The standard InChI is InChI=1S/C8H9BrClFN4/c1-13-8(15-12)14-7-5(9)2-4(11)3-6(7)10/h2-3H,12H2,1H3,(H2,13,14,15). The molecule has 0 amide bonds. The van der Waals surface area contributed by atoms with Gasteiger partial charge in [-0.1, -0.05) is 11.6 Å². The van der Waals surface area contributed by atoms with Crippen molar-refractivity contribution < 1.29 is 4.39 Å². The van der Waals surface area contributed by atoms with Crippen LogP contribution in [0.3, 0.4) is 0 Å². The predicted octanol–water partition coefficient (Wildman–Crippen LogP) is 2.10. The third kappa shape index (κ3) is 3.05. The monoisotopic (exact) mass is 294 g/mol. The number of nitrogens with one attached hydrogen (secondary N) is 2. The van der Waals surface area contributed by atoms with Crippen molar-refractivity contribution in [1.29, 1.82) is 0 Å². The lowest BCUT2D eigenvalue weighted by molar-refractivity contribution is 0.627. The fraction of sp³-hybridized carbons (Fsp3) is 0.125. The third-order valence-electron chi connectivity index (χ3n) is 1.61. The topological polar surface area (TPSA) is 62.4 Å². The zero-order chi connectivity index (χ0) is 11.4. The van der Waals surface area contributed by atoms with Crippen molar-refractivity contribution >= 4 is 39.2 Å². The Morgan fingerprint density at radius 3 is 2.73 bits per heavy atom. The molecule has 0 aliphatic rings. The van der Waals surface area contributed by atoms with Gasteiger partial charge in [-0.05, 0) is 28.1 Å². The van der Waals surface area contributed by atoms with Crippen LogP contribution in [-0.2, 0) is 0 Å². The molecule has 0 fully saturated rings. The number of hydrazine groups is 1. The van der Waals surface area contributed by atoms with Gasteiger partial charge in [-0.15, -0.1) is 0 Å². The maximum atomic E-state index is 12.9. The average Bonchev–Trinajstić information content (AvgIpc) is 2.17. The summed E-state index contributed by atoms with van der Waals surface area (Å²) in [5, 5.41) is 3.05. The Bertz CT molecular complexity index is 373. The Balaban J connectivity index is 3.05. The summed E-state index contributed by atoms with van der Waals surface area (Å²) in [4.78, 5) is 3.80. The van der Waals surface area contributed by atoms with E-state index in [0.717, 1.165) is 0 Å². The molecule has 1 rings (SSSR count). The number of halogens is 3. The van der Waals surface area contributed by atoms with Gasteiger partial charge >= 0.3 is 0 Å². The van der Waals surface area contributed by atoms with Gasteiger partial charge in [0.25, 0.3) is 0 Å². The predicted molar refractivity (Wildman–Crippen MR) is 63.4 cm³/mol. The zero-order valence-electron chi connectivity index (χ0n) is 7.81. The summed E-state index contributed by atoms with van der Waals surface area (Å²) in [6, 6.07) is 2.48. The van der Waals surface area contributed by atoms with Crippen LogP contribution >= 0.6 is 27.5 Å². The van der Waals surface area contributed by atoms with E-state index in [1.807, 2.05) is 0 Å². The molecule has 0 atom stereocenters. The van der Waals surface area contributed by atoms with E-state index in [9.17, 15) is 4.39 Å². The van der Waals surface area contributed by atoms with Crippen LogP contribution in [0, 0.1) is 5.82 Å². The van der Waals surface area contributed by atoms with Crippen LogP contribution in [0.1, 0.15) is 0 Å². The van der Waals surface area contributed by atoms with Gasteiger partial charge in [-0.25, -0.2) is 10.2 Å². The van der Waals surface area contributed by atoms with E-state index < -0.39 is 5.82 Å². The van der Waals surface area contributed by atoms with Gasteiger partial charge in [0.05, 0.1) is 10.7 Å². The Labute approximate surface area is 99.8 Å². The quantitative estimate of drug-likeness (QED) is 0.322. The van der Waals surface area contributed by atoms with Crippen LogP contribution in [0.25, 0.3) is 0 Å². The van der Waals surface area contributed by atoms with Crippen molar-refractivity contribution in [2.24, 2.45) is 10.8 Å². The molecular formula is C8H9BrClFN4. The van der Waals surface area contributed by atoms with E-state index in [-0.39, 0.29) is 5.02 Å². The smallest absolute Gasteiger partial charge is 0.210 e. The van der Waals surface area contributed by atoms with Crippen LogP contribution in [0.4, 0.5) is 10.1 Å². The number of anilines is 1. The molecule has 4 N–H and O–H groups in total. The number of rotatable bonds is 1. The maximum absolute atomic E-state index is 12.9. The van der Waals surface area contributed by atoms with Crippen molar-refractivity contribution in [3.05, 3.63) is 27.4 Å². The molecule has 0 spiro atoms. The Morgan fingerprint density at radius 1 is 1.60 bits per heavy atom. The number of benzene rings is 1. The van der Waals surface area contributed by atoms with Crippen molar-refractivity contribution in [3.63, 3.8) is 0 Å². The van der Waals surface area contributed by atoms with E-state index in [1.54, 1.807) is 7.05 Å². The molecule has 0 radical (unpaired) electrons. The second-order valence-corrected chi connectivity index (χ2v) is 3.85. The zero-order valence-corrected chi connectivity index (χ0v) is 10.2. The Hall–Kier alpha value is -0.850. The molecule has 4 nitrogen and oxygen atoms in total. The summed E-state index contributed by atoms with van der Waals surface area (Å²) in [6.45, 7) is 0. The lowest BCUT2D eigenvalue weighted by Crippen LogP contribution is -2.36. The summed E-state index contributed by atoms with van der Waals surface area (Å²) in [5.74, 6) is 5.09. The molecule has 0 aliphatic heterocycles. The minimum absolute atomic E-state index is 0.235. The summed E-state index contributed by atoms with van der Waals surface area (Å²) < 4.78 is 13.4. The first-order chi connectivity index (χ1) is 7.08. The highest BCUT2D eigenvalue weighted by atomic mass is 79.9. The van der Waals surface area contributed by atoms with Crippen molar-refractivity contribution in [1.82, 2.24) is 5.43 Å². The summed E-state index contributed by atoms with van der Waals surface area (Å²) in [5.41, 5.74) is 2.83. The molecule has 15 heavy (non-hydrogen) atoms. The van der Waals surface area contributed by atoms with E-state index in [0.29, 0.717) is 16.1 Å². The number of nitrogens with zero attached hydrogens (tertiary/aromatic N) is 1. The van der Waals surface area contributed by atoms with Crippen molar-refractivity contribution in [2.45, 2.75) is 0 Å². The van der Waals surface area contributed by atoms with E-state index >= 15 is 0 Å².